The number of hydrogen-bond donors (Lipinski definition) is 1. The Hall–Kier alpha value is -2.93. The van der Waals surface area contributed by atoms with Crippen molar-refractivity contribution in [3.63, 3.8) is 0 Å². The molecule has 142 valence electrons. The highest BCUT2D eigenvalue weighted by atomic mass is 35.5. The van der Waals surface area contributed by atoms with Gasteiger partial charge in [-0.2, -0.15) is 0 Å². The lowest BCUT2D eigenvalue weighted by atomic mass is 9.96. The number of amides is 1. The molecule has 0 saturated heterocycles. The van der Waals surface area contributed by atoms with E-state index >= 15 is 0 Å². The van der Waals surface area contributed by atoms with E-state index in [1.54, 1.807) is 6.07 Å². The van der Waals surface area contributed by atoms with Gasteiger partial charge in [0.05, 0.1) is 12.0 Å². The Morgan fingerprint density at radius 1 is 1.18 bits per heavy atom. The maximum Gasteiger partial charge on any atom is 0.231 e. The Balaban J connectivity index is 1.27. The van der Waals surface area contributed by atoms with Crippen molar-refractivity contribution in [1.29, 1.82) is 0 Å². The van der Waals surface area contributed by atoms with E-state index in [1.807, 2.05) is 41.1 Å². The van der Waals surface area contributed by atoms with Gasteiger partial charge >= 0.3 is 0 Å². The molecule has 2 aromatic carbocycles. The monoisotopic (exact) mass is 395 g/mol. The largest absolute Gasteiger partial charge is 0.492 e. The smallest absolute Gasteiger partial charge is 0.231 e. The third-order valence-electron chi connectivity index (χ3n) is 5.10. The summed E-state index contributed by atoms with van der Waals surface area (Å²) in [6, 6.07) is 13.5. The Kier molecular flexibility index (Phi) is 4.24. The van der Waals surface area contributed by atoms with E-state index in [4.69, 9.17) is 16.3 Å². The maximum atomic E-state index is 12.7. The molecule has 5 rings (SSSR count). The van der Waals surface area contributed by atoms with Crippen molar-refractivity contribution in [2.75, 3.05) is 11.9 Å². The summed E-state index contributed by atoms with van der Waals surface area (Å²) >= 11 is 6.05. The van der Waals surface area contributed by atoms with Crippen LogP contribution in [0.4, 0.5) is 5.69 Å². The van der Waals surface area contributed by atoms with E-state index in [2.05, 4.69) is 20.8 Å². The molecule has 7 nitrogen and oxygen atoms in total. The lowest BCUT2D eigenvalue weighted by Gasteiger charge is -2.24. The molecule has 1 unspecified atom stereocenters. The highest BCUT2D eigenvalue weighted by Gasteiger charge is 2.28. The Bertz CT molecular complexity index is 1030. The van der Waals surface area contributed by atoms with Crippen molar-refractivity contribution < 1.29 is 9.53 Å². The van der Waals surface area contributed by atoms with Gasteiger partial charge in [0.1, 0.15) is 12.4 Å². The third-order valence-corrected chi connectivity index (χ3v) is 5.33. The van der Waals surface area contributed by atoms with Crippen LogP contribution in [0.2, 0.25) is 5.02 Å². The van der Waals surface area contributed by atoms with Crippen molar-refractivity contribution in [1.82, 2.24) is 20.2 Å². The van der Waals surface area contributed by atoms with E-state index in [1.165, 1.54) is 0 Å². The second-order valence-corrected chi connectivity index (χ2v) is 7.65. The number of nitrogens with zero attached hydrogens (tertiary/aromatic N) is 4. The normalized spacial score (nSPS) is 18.2. The van der Waals surface area contributed by atoms with Gasteiger partial charge < -0.3 is 10.1 Å². The number of aromatic nitrogens is 4. The zero-order valence-electron chi connectivity index (χ0n) is 15.0. The van der Waals surface area contributed by atoms with Crippen LogP contribution in [-0.2, 0) is 11.2 Å². The predicted molar refractivity (Wildman–Crippen MR) is 104 cm³/mol. The second kappa shape index (κ2) is 6.91. The fraction of sp³-hybridized carbons (Fsp3) is 0.300. The Labute approximate surface area is 166 Å². The number of halogens is 1. The number of rotatable bonds is 4. The Morgan fingerprint density at radius 2 is 2.00 bits per heavy atom. The first-order valence-corrected chi connectivity index (χ1v) is 9.65. The van der Waals surface area contributed by atoms with E-state index in [9.17, 15) is 4.79 Å². The van der Waals surface area contributed by atoms with Crippen LogP contribution in [0.3, 0.4) is 0 Å². The molecular formula is C20H18ClN5O2. The van der Waals surface area contributed by atoms with Crippen molar-refractivity contribution in [2.45, 2.75) is 25.3 Å². The standard InChI is InChI=1S/C20H18ClN5O2/c21-15-3-8-18-13(10-15)9-14(11-28-18)20(27)22-16-4-1-12(2-5-16)19-23-24-25-26(19)17-6-7-17/h1-5,8,10,14,17H,6-7,9,11H2,(H,22,27). The molecule has 1 aromatic heterocycles. The molecule has 1 atom stereocenters. The van der Waals surface area contributed by atoms with Crippen LogP contribution in [-0.4, -0.2) is 32.7 Å². The molecule has 0 radical (unpaired) electrons. The molecule has 2 heterocycles. The lowest BCUT2D eigenvalue weighted by Crippen LogP contribution is -2.32. The summed E-state index contributed by atoms with van der Waals surface area (Å²) in [6.07, 6.45) is 2.84. The van der Waals surface area contributed by atoms with Gasteiger partial charge in [0.15, 0.2) is 5.82 Å². The Morgan fingerprint density at radius 3 is 2.79 bits per heavy atom. The molecule has 28 heavy (non-hydrogen) atoms. The number of ether oxygens (including phenoxy) is 1. The number of nitrogens with one attached hydrogen (secondary N) is 1. The molecule has 1 aliphatic carbocycles. The summed E-state index contributed by atoms with van der Waals surface area (Å²) in [5, 5.41) is 15.6. The third kappa shape index (κ3) is 3.33. The van der Waals surface area contributed by atoms with Gasteiger partial charge in [0.25, 0.3) is 0 Å². The van der Waals surface area contributed by atoms with Crippen molar-refractivity contribution >= 4 is 23.2 Å². The van der Waals surface area contributed by atoms with Gasteiger partial charge in [0, 0.05) is 16.3 Å². The summed E-state index contributed by atoms with van der Waals surface area (Å²) < 4.78 is 7.59. The van der Waals surface area contributed by atoms with Gasteiger partial charge in [-0.15, -0.1) is 5.10 Å². The van der Waals surface area contributed by atoms with Crippen LogP contribution in [0, 0.1) is 5.92 Å². The maximum absolute atomic E-state index is 12.7. The molecule has 1 aliphatic heterocycles. The zero-order chi connectivity index (χ0) is 19.1. The molecule has 0 spiro atoms. The van der Waals surface area contributed by atoms with Gasteiger partial charge in [0.2, 0.25) is 5.91 Å². The minimum Gasteiger partial charge on any atom is -0.492 e. The van der Waals surface area contributed by atoms with E-state index in [0.717, 1.165) is 41.2 Å². The van der Waals surface area contributed by atoms with Crippen molar-refractivity contribution in [3.05, 3.63) is 53.1 Å². The van der Waals surface area contributed by atoms with E-state index in [-0.39, 0.29) is 11.8 Å². The zero-order valence-corrected chi connectivity index (χ0v) is 15.8. The van der Waals surface area contributed by atoms with Crippen LogP contribution in [0.5, 0.6) is 5.75 Å². The van der Waals surface area contributed by atoms with Crippen LogP contribution in [0.1, 0.15) is 24.4 Å². The van der Waals surface area contributed by atoms with Crippen molar-refractivity contribution in [2.24, 2.45) is 5.92 Å². The molecule has 1 amide bonds. The van der Waals surface area contributed by atoms with Crippen LogP contribution < -0.4 is 10.1 Å². The quantitative estimate of drug-likeness (QED) is 0.730. The minimum absolute atomic E-state index is 0.0683. The fourth-order valence-corrected chi connectivity index (χ4v) is 3.62. The van der Waals surface area contributed by atoms with Gasteiger partial charge in [-0.1, -0.05) is 11.6 Å². The van der Waals surface area contributed by atoms with Crippen molar-refractivity contribution in [3.8, 4) is 17.1 Å². The number of carbonyl (C=O) groups is 1. The molecule has 0 bridgehead atoms. The average Bonchev–Trinajstić information content (AvgIpc) is 3.44. The molecule has 2 aliphatic rings. The molecular weight excluding hydrogens is 378 g/mol. The molecule has 8 heteroatoms. The predicted octanol–water partition coefficient (Wildman–Crippen LogP) is 3.52. The lowest BCUT2D eigenvalue weighted by molar-refractivity contribution is -0.121. The number of fused-ring (bicyclic) bond motifs is 1. The number of tetrazole rings is 1. The number of hydrogen-bond acceptors (Lipinski definition) is 5. The van der Waals surface area contributed by atoms with Gasteiger partial charge in [-0.05, 0) is 77.7 Å². The highest BCUT2D eigenvalue weighted by Crippen LogP contribution is 2.36. The summed E-state index contributed by atoms with van der Waals surface area (Å²) in [4.78, 5) is 12.7. The number of anilines is 1. The SMILES string of the molecule is O=C(Nc1ccc(-c2nnnn2C2CC2)cc1)C1COc2ccc(Cl)cc2C1. The highest BCUT2D eigenvalue weighted by molar-refractivity contribution is 6.30. The first kappa shape index (κ1) is 17.2. The van der Waals surface area contributed by atoms with Crippen LogP contribution in [0.25, 0.3) is 11.4 Å². The van der Waals surface area contributed by atoms with Gasteiger partial charge in [-0.25, -0.2) is 4.68 Å². The first-order chi connectivity index (χ1) is 13.7. The van der Waals surface area contributed by atoms with E-state index in [0.29, 0.717) is 24.1 Å². The fourth-order valence-electron chi connectivity index (χ4n) is 3.43. The van der Waals surface area contributed by atoms with Gasteiger partial charge in [-0.3, -0.25) is 4.79 Å². The summed E-state index contributed by atoms with van der Waals surface area (Å²) in [6.45, 7) is 0.356. The molecule has 1 N–H and O–H groups in total. The number of carbonyl (C=O) groups excluding carboxylic acids is 1. The molecule has 1 fully saturated rings. The number of benzene rings is 2. The summed E-state index contributed by atoms with van der Waals surface area (Å²) in [5.41, 5.74) is 2.62. The molecule has 3 aromatic rings. The average molecular weight is 396 g/mol. The first-order valence-electron chi connectivity index (χ1n) is 9.28. The van der Waals surface area contributed by atoms with E-state index < -0.39 is 0 Å². The summed E-state index contributed by atoms with van der Waals surface area (Å²) in [5.74, 6) is 1.23. The molecule has 1 saturated carbocycles. The topological polar surface area (TPSA) is 81.9 Å². The van der Waals surface area contributed by atoms with Crippen LogP contribution >= 0.6 is 11.6 Å². The second-order valence-electron chi connectivity index (χ2n) is 7.21. The minimum atomic E-state index is -0.257. The van der Waals surface area contributed by atoms with Crippen LogP contribution in [0.15, 0.2) is 42.5 Å². The summed E-state index contributed by atoms with van der Waals surface area (Å²) in [7, 11) is 0.